The Morgan fingerprint density at radius 3 is 1.13 bits per heavy atom. The summed E-state index contributed by atoms with van der Waals surface area (Å²) in [6.07, 6.45) is 63.3. The molecule has 0 aromatic carbocycles. The summed E-state index contributed by atoms with van der Waals surface area (Å²) in [6, 6.07) is -0.638. The van der Waals surface area contributed by atoms with E-state index in [9.17, 15) is 19.8 Å². The molecule has 0 aliphatic rings. The second-order valence-electron chi connectivity index (χ2n) is 19.3. The molecule has 0 bridgehead atoms. The van der Waals surface area contributed by atoms with Crippen molar-refractivity contribution in [3.63, 3.8) is 0 Å². The zero-order chi connectivity index (χ0) is 45.8. The molecular formula is C57H109NO5. The van der Waals surface area contributed by atoms with Crippen LogP contribution in [0.1, 0.15) is 303 Å². The molecule has 0 aliphatic carbocycles. The number of nitrogens with one attached hydrogen (secondary N) is 1. The van der Waals surface area contributed by atoms with Crippen LogP contribution in [0.15, 0.2) is 24.3 Å². The van der Waals surface area contributed by atoms with Crippen LogP contribution in [0.5, 0.6) is 0 Å². The van der Waals surface area contributed by atoms with Gasteiger partial charge < -0.3 is 20.3 Å². The standard InChI is InChI=1S/C57H109NO5/c1-3-5-7-9-11-13-15-17-19-23-27-31-35-39-43-47-51-57(62)63-52-48-44-40-36-32-28-24-20-22-26-30-34-38-42-46-50-56(61)58-54(53-59)55(60)49-45-41-37-33-29-25-21-18-16-14-12-10-8-6-4-2/h24,28,45,49,54-55,59-60H,3-23,25-27,29-44,46-48,50-53H2,1-2H3,(H,58,61)/b28-24-,49-45+. The van der Waals surface area contributed by atoms with Gasteiger partial charge in [-0.3, -0.25) is 9.59 Å². The van der Waals surface area contributed by atoms with Crippen molar-refractivity contribution in [2.24, 2.45) is 0 Å². The summed E-state index contributed by atoms with van der Waals surface area (Å²) >= 11 is 0. The maximum atomic E-state index is 12.4. The van der Waals surface area contributed by atoms with Crippen LogP contribution in [0, 0.1) is 0 Å². The van der Waals surface area contributed by atoms with Gasteiger partial charge in [-0.05, 0) is 57.8 Å². The van der Waals surface area contributed by atoms with Gasteiger partial charge in [0.1, 0.15) is 0 Å². The van der Waals surface area contributed by atoms with E-state index in [2.05, 4.69) is 31.3 Å². The molecule has 6 heteroatoms. The van der Waals surface area contributed by atoms with E-state index in [1.165, 1.54) is 205 Å². The summed E-state index contributed by atoms with van der Waals surface area (Å²) in [4.78, 5) is 24.5. The molecule has 0 aromatic rings. The van der Waals surface area contributed by atoms with Gasteiger partial charge >= 0.3 is 5.97 Å². The molecule has 1 amide bonds. The zero-order valence-corrected chi connectivity index (χ0v) is 42.3. The van der Waals surface area contributed by atoms with E-state index >= 15 is 0 Å². The lowest BCUT2D eigenvalue weighted by Gasteiger charge is -2.20. The Hall–Kier alpha value is -1.66. The fourth-order valence-electron chi connectivity index (χ4n) is 8.63. The lowest BCUT2D eigenvalue weighted by molar-refractivity contribution is -0.143. The smallest absolute Gasteiger partial charge is 0.305 e. The first kappa shape index (κ1) is 61.3. The summed E-state index contributed by atoms with van der Waals surface area (Å²) in [5, 5.41) is 23.1. The first-order valence-corrected chi connectivity index (χ1v) is 28.1. The van der Waals surface area contributed by atoms with Crippen LogP contribution < -0.4 is 5.32 Å². The second-order valence-corrected chi connectivity index (χ2v) is 19.3. The van der Waals surface area contributed by atoms with Gasteiger partial charge in [0.25, 0.3) is 0 Å². The quantitative estimate of drug-likeness (QED) is 0.0321. The number of allylic oxidation sites excluding steroid dienone is 3. The molecule has 2 unspecified atom stereocenters. The van der Waals surface area contributed by atoms with E-state index in [0.717, 1.165) is 70.6 Å². The fraction of sp³-hybridized carbons (Fsp3) is 0.895. The SMILES string of the molecule is CCCCCCCCCCCCCCC/C=C/C(O)C(CO)NC(=O)CCCCCCCCC/C=C\CCCCCCOC(=O)CCCCCCCCCCCCCCCCCC. The predicted octanol–water partition coefficient (Wildman–Crippen LogP) is 17.1. The topological polar surface area (TPSA) is 95.9 Å². The van der Waals surface area contributed by atoms with E-state index in [-0.39, 0.29) is 18.5 Å². The number of carbonyl (C=O) groups is 2. The molecule has 372 valence electrons. The number of ether oxygens (including phenoxy) is 1. The lowest BCUT2D eigenvalue weighted by Crippen LogP contribution is -2.45. The zero-order valence-electron chi connectivity index (χ0n) is 42.3. The summed E-state index contributed by atoms with van der Waals surface area (Å²) < 4.78 is 5.47. The third-order valence-electron chi connectivity index (χ3n) is 13.0. The molecule has 63 heavy (non-hydrogen) atoms. The number of carbonyl (C=O) groups excluding carboxylic acids is 2. The number of amides is 1. The van der Waals surface area contributed by atoms with E-state index in [4.69, 9.17) is 4.74 Å². The highest BCUT2D eigenvalue weighted by atomic mass is 16.5. The van der Waals surface area contributed by atoms with Crippen molar-refractivity contribution in [3.8, 4) is 0 Å². The van der Waals surface area contributed by atoms with E-state index in [0.29, 0.717) is 19.4 Å². The third kappa shape index (κ3) is 49.6. The Morgan fingerprint density at radius 2 is 0.746 bits per heavy atom. The van der Waals surface area contributed by atoms with Gasteiger partial charge in [-0.1, -0.05) is 256 Å². The van der Waals surface area contributed by atoms with Crippen LogP contribution in [0.25, 0.3) is 0 Å². The van der Waals surface area contributed by atoms with Gasteiger partial charge in [0.2, 0.25) is 5.91 Å². The molecule has 0 rings (SSSR count). The molecular weight excluding hydrogens is 779 g/mol. The monoisotopic (exact) mass is 888 g/mol. The van der Waals surface area contributed by atoms with Crippen molar-refractivity contribution in [2.75, 3.05) is 13.2 Å². The Bertz CT molecular complexity index is 982. The number of hydrogen-bond donors (Lipinski definition) is 3. The van der Waals surface area contributed by atoms with E-state index in [1.807, 2.05) is 6.08 Å². The molecule has 0 saturated carbocycles. The van der Waals surface area contributed by atoms with Crippen molar-refractivity contribution in [2.45, 2.75) is 315 Å². The molecule has 3 N–H and O–H groups in total. The Kier molecular flexibility index (Phi) is 51.6. The highest BCUT2D eigenvalue weighted by Crippen LogP contribution is 2.16. The van der Waals surface area contributed by atoms with Crippen LogP contribution in [0.2, 0.25) is 0 Å². The minimum Gasteiger partial charge on any atom is -0.466 e. The van der Waals surface area contributed by atoms with Gasteiger partial charge in [-0.2, -0.15) is 0 Å². The number of esters is 1. The van der Waals surface area contributed by atoms with Crippen LogP contribution in [-0.4, -0.2) is 47.4 Å². The third-order valence-corrected chi connectivity index (χ3v) is 13.0. The van der Waals surface area contributed by atoms with Crippen molar-refractivity contribution < 1.29 is 24.5 Å². The van der Waals surface area contributed by atoms with Crippen molar-refractivity contribution in [3.05, 3.63) is 24.3 Å². The Labute approximate surface area is 392 Å². The summed E-state index contributed by atoms with van der Waals surface area (Å²) in [5.41, 5.74) is 0. The van der Waals surface area contributed by atoms with Crippen LogP contribution in [-0.2, 0) is 14.3 Å². The highest BCUT2D eigenvalue weighted by Gasteiger charge is 2.18. The molecule has 0 aliphatic heterocycles. The molecule has 0 heterocycles. The van der Waals surface area contributed by atoms with Crippen LogP contribution in [0.3, 0.4) is 0 Å². The second kappa shape index (κ2) is 53.0. The van der Waals surface area contributed by atoms with Crippen molar-refractivity contribution in [1.82, 2.24) is 5.32 Å². The molecule has 0 spiro atoms. The average Bonchev–Trinajstić information content (AvgIpc) is 3.28. The molecule has 2 atom stereocenters. The number of unbranched alkanes of at least 4 members (excludes halogenated alkanes) is 39. The fourth-order valence-corrected chi connectivity index (χ4v) is 8.63. The summed E-state index contributed by atoms with van der Waals surface area (Å²) in [5.74, 6) is -0.0898. The minimum atomic E-state index is -0.853. The molecule has 0 fully saturated rings. The normalized spacial score (nSPS) is 12.8. The maximum Gasteiger partial charge on any atom is 0.305 e. The van der Waals surface area contributed by atoms with E-state index in [1.54, 1.807) is 6.08 Å². The van der Waals surface area contributed by atoms with Crippen LogP contribution in [0.4, 0.5) is 0 Å². The molecule has 0 radical (unpaired) electrons. The highest BCUT2D eigenvalue weighted by molar-refractivity contribution is 5.76. The Balaban J connectivity index is 3.48. The lowest BCUT2D eigenvalue weighted by atomic mass is 10.0. The molecule has 0 saturated heterocycles. The number of hydrogen-bond acceptors (Lipinski definition) is 5. The first-order chi connectivity index (χ1) is 31.0. The number of aliphatic hydroxyl groups excluding tert-OH is 2. The Morgan fingerprint density at radius 1 is 0.429 bits per heavy atom. The largest absolute Gasteiger partial charge is 0.466 e. The van der Waals surface area contributed by atoms with Crippen molar-refractivity contribution >= 4 is 11.9 Å². The van der Waals surface area contributed by atoms with Gasteiger partial charge in [-0.25, -0.2) is 0 Å². The maximum absolute atomic E-state index is 12.4. The van der Waals surface area contributed by atoms with Crippen molar-refractivity contribution in [1.29, 1.82) is 0 Å². The predicted molar refractivity (Wildman–Crippen MR) is 273 cm³/mol. The molecule has 0 aromatic heterocycles. The van der Waals surface area contributed by atoms with Crippen LogP contribution >= 0.6 is 0 Å². The summed E-state index contributed by atoms with van der Waals surface area (Å²) in [6.45, 7) is 4.88. The first-order valence-electron chi connectivity index (χ1n) is 28.1. The minimum absolute atomic E-state index is 0.00774. The number of aliphatic hydroxyl groups is 2. The van der Waals surface area contributed by atoms with Gasteiger partial charge in [-0.15, -0.1) is 0 Å². The van der Waals surface area contributed by atoms with E-state index < -0.39 is 12.1 Å². The summed E-state index contributed by atoms with van der Waals surface area (Å²) in [7, 11) is 0. The number of rotatable bonds is 52. The van der Waals surface area contributed by atoms with Gasteiger partial charge in [0, 0.05) is 12.8 Å². The van der Waals surface area contributed by atoms with Gasteiger partial charge in [0.05, 0.1) is 25.4 Å². The molecule has 6 nitrogen and oxygen atoms in total. The van der Waals surface area contributed by atoms with Gasteiger partial charge in [0.15, 0.2) is 0 Å². The average molecular weight is 889 g/mol.